The van der Waals surface area contributed by atoms with Gasteiger partial charge < -0.3 is 4.74 Å². The van der Waals surface area contributed by atoms with Gasteiger partial charge in [-0.3, -0.25) is 4.79 Å². The number of rotatable bonds is 4. The Labute approximate surface area is 103 Å². The number of carbonyl (C=O) groups is 1. The lowest BCUT2D eigenvalue weighted by atomic mass is 9.96. The van der Waals surface area contributed by atoms with Crippen molar-refractivity contribution in [2.45, 2.75) is 25.9 Å². The third-order valence-electron chi connectivity index (χ3n) is 2.54. The molecule has 0 aliphatic heterocycles. The molecule has 0 aliphatic carbocycles. The highest BCUT2D eigenvalue weighted by Crippen LogP contribution is 2.19. The number of benzene rings is 1. The van der Waals surface area contributed by atoms with Crippen molar-refractivity contribution < 1.29 is 13.9 Å². The van der Waals surface area contributed by atoms with Crippen molar-refractivity contribution in [1.29, 1.82) is 0 Å². The van der Waals surface area contributed by atoms with Crippen molar-refractivity contribution in [3.8, 4) is 0 Å². The number of ether oxygens (including phenoxy) is 1. The zero-order valence-electron chi connectivity index (χ0n) is 9.51. The van der Waals surface area contributed by atoms with Crippen LogP contribution < -0.4 is 0 Å². The molecule has 16 heavy (non-hydrogen) atoms. The fourth-order valence-electron chi connectivity index (χ4n) is 1.18. The maximum absolute atomic E-state index is 13.4. The first-order valence-electron chi connectivity index (χ1n) is 4.89. The van der Waals surface area contributed by atoms with E-state index in [-0.39, 0.29) is 18.0 Å². The predicted octanol–water partition coefficient (Wildman–Crippen LogP) is 3.12. The Bertz CT molecular complexity index is 402. The summed E-state index contributed by atoms with van der Waals surface area (Å²) in [6.45, 7) is 3.34. The molecule has 0 saturated heterocycles. The minimum absolute atomic E-state index is 0.0338. The van der Waals surface area contributed by atoms with Gasteiger partial charge in [0.25, 0.3) is 0 Å². The molecule has 1 aromatic carbocycles. The van der Waals surface area contributed by atoms with E-state index >= 15 is 0 Å². The summed E-state index contributed by atoms with van der Waals surface area (Å²) < 4.78 is 19.2. The van der Waals surface area contributed by atoms with E-state index in [2.05, 4.69) is 15.9 Å². The van der Waals surface area contributed by atoms with Gasteiger partial charge in [-0.05, 0) is 37.6 Å². The first-order valence-corrected chi connectivity index (χ1v) is 5.68. The van der Waals surface area contributed by atoms with E-state index < -0.39 is 5.60 Å². The predicted molar refractivity (Wildman–Crippen MR) is 63.9 cm³/mol. The fraction of sp³-hybridized carbons (Fsp3) is 0.417. The van der Waals surface area contributed by atoms with Crippen molar-refractivity contribution in [3.63, 3.8) is 0 Å². The van der Waals surface area contributed by atoms with Crippen LogP contribution in [0.1, 0.15) is 19.4 Å². The maximum Gasteiger partial charge on any atom is 0.168 e. The van der Waals surface area contributed by atoms with Gasteiger partial charge in [-0.25, -0.2) is 4.39 Å². The van der Waals surface area contributed by atoms with Gasteiger partial charge in [0.1, 0.15) is 11.4 Å². The van der Waals surface area contributed by atoms with E-state index in [0.29, 0.717) is 5.56 Å². The van der Waals surface area contributed by atoms with Crippen LogP contribution >= 0.6 is 15.9 Å². The summed E-state index contributed by atoms with van der Waals surface area (Å²) in [4.78, 5) is 11.8. The summed E-state index contributed by atoms with van der Waals surface area (Å²) in [6, 6.07) is 4.55. The summed E-state index contributed by atoms with van der Waals surface area (Å²) in [5.74, 6) is -0.518. The van der Waals surface area contributed by atoms with Gasteiger partial charge in [-0.1, -0.05) is 15.9 Å². The van der Waals surface area contributed by atoms with E-state index in [1.807, 2.05) is 0 Å². The van der Waals surface area contributed by atoms with Gasteiger partial charge in [0.15, 0.2) is 5.78 Å². The van der Waals surface area contributed by atoms with E-state index in [1.54, 1.807) is 26.0 Å². The Balaban J connectivity index is 2.89. The molecule has 0 N–H and O–H groups in total. The standard InChI is InChI=1S/C12H14BrFO2/c1-12(2,16-3)11(15)7-8-6-9(13)4-5-10(8)14/h4-6H,7H2,1-3H3. The van der Waals surface area contributed by atoms with Gasteiger partial charge >= 0.3 is 0 Å². The Morgan fingerprint density at radius 2 is 2.12 bits per heavy atom. The number of hydrogen-bond donors (Lipinski definition) is 0. The van der Waals surface area contributed by atoms with Crippen LogP contribution in [-0.2, 0) is 16.0 Å². The van der Waals surface area contributed by atoms with E-state index in [1.165, 1.54) is 13.2 Å². The highest BCUT2D eigenvalue weighted by atomic mass is 79.9. The van der Waals surface area contributed by atoms with Crippen molar-refractivity contribution in [3.05, 3.63) is 34.1 Å². The van der Waals surface area contributed by atoms with Crippen LogP contribution in [0.4, 0.5) is 4.39 Å². The van der Waals surface area contributed by atoms with Gasteiger partial charge in [0.05, 0.1) is 0 Å². The van der Waals surface area contributed by atoms with Gasteiger partial charge in [0.2, 0.25) is 0 Å². The molecule has 0 heterocycles. The van der Waals surface area contributed by atoms with Crippen LogP contribution in [0.15, 0.2) is 22.7 Å². The average Bonchev–Trinajstić information content (AvgIpc) is 2.23. The smallest absolute Gasteiger partial charge is 0.168 e. The number of hydrogen-bond acceptors (Lipinski definition) is 2. The third-order valence-corrected chi connectivity index (χ3v) is 3.03. The lowest BCUT2D eigenvalue weighted by Crippen LogP contribution is -2.35. The molecule has 88 valence electrons. The summed E-state index contributed by atoms with van der Waals surface area (Å²) in [6.07, 6.45) is 0.0338. The van der Waals surface area contributed by atoms with Crippen molar-refractivity contribution >= 4 is 21.7 Å². The molecule has 0 saturated carbocycles. The lowest BCUT2D eigenvalue weighted by Gasteiger charge is -2.21. The fourth-order valence-corrected chi connectivity index (χ4v) is 1.59. The Morgan fingerprint density at radius 1 is 1.50 bits per heavy atom. The molecule has 0 aromatic heterocycles. The monoisotopic (exact) mass is 288 g/mol. The van der Waals surface area contributed by atoms with Crippen LogP contribution in [0.25, 0.3) is 0 Å². The number of carbonyl (C=O) groups excluding carboxylic acids is 1. The summed E-state index contributed by atoms with van der Waals surface area (Å²) in [5, 5.41) is 0. The SMILES string of the molecule is COC(C)(C)C(=O)Cc1cc(Br)ccc1F. The topological polar surface area (TPSA) is 26.3 Å². The molecule has 0 fully saturated rings. The molecule has 1 rings (SSSR count). The quantitative estimate of drug-likeness (QED) is 0.851. The number of Topliss-reactive ketones (excluding diaryl/α,β-unsaturated/α-hetero) is 1. The molecule has 4 heteroatoms. The zero-order valence-corrected chi connectivity index (χ0v) is 11.1. The van der Waals surface area contributed by atoms with Gasteiger partial charge in [0, 0.05) is 18.0 Å². The molecule has 0 amide bonds. The molecule has 0 spiro atoms. The number of methoxy groups -OCH3 is 1. The third kappa shape index (κ3) is 3.12. The second-order valence-electron chi connectivity index (χ2n) is 4.05. The zero-order chi connectivity index (χ0) is 12.3. The second kappa shape index (κ2) is 5.06. The first kappa shape index (κ1) is 13.3. The Hall–Kier alpha value is -0.740. The molecular formula is C12H14BrFO2. The average molecular weight is 289 g/mol. The Morgan fingerprint density at radius 3 is 2.69 bits per heavy atom. The minimum Gasteiger partial charge on any atom is -0.371 e. The van der Waals surface area contributed by atoms with Crippen molar-refractivity contribution in [2.75, 3.05) is 7.11 Å². The number of ketones is 1. The van der Waals surface area contributed by atoms with E-state index in [0.717, 1.165) is 4.47 Å². The van der Waals surface area contributed by atoms with Crippen LogP contribution in [0.5, 0.6) is 0 Å². The van der Waals surface area contributed by atoms with Crippen LogP contribution in [0.2, 0.25) is 0 Å². The van der Waals surface area contributed by atoms with E-state index in [4.69, 9.17) is 4.74 Å². The normalized spacial score (nSPS) is 11.6. The Kier molecular flexibility index (Phi) is 4.21. The molecule has 0 bridgehead atoms. The minimum atomic E-state index is -0.880. The van der Waals surface area contributed by atoms with Crippen LogP contribution in [0, 0.1) is 5.82 Å². The highest BCUT2D eigenvalue weighted by molar-refractivity contribution is 9.10. The lowest BCUT2D eigenvalue weighted by molar-refractivity contribution is -0.136. The van der Waals surface area contributed by atoms with Gasteiger partial charge in [-0.15, -0.1) is 0 Å². The number of halogens is 2. The summed E-state index contributed by atoms with van der Waals surface area (Å²) in [7, 11) is 1.47. The molecule has 0 atom stereocenters. The summed E-state index contributed by atoms with van der Waals surface area (Å²) in [5.41, 5.74) is -0.501. The van der Waals surface area contributed by atoms with E-state index in [9.17, 15) is 9.18 Å². The largest absolute Gasteiger partial charge is 0.371 e. The van der Waals surface area contributed by atoms with Crippen LogP contribution in [0.3, 0.4) is 0 Å². The van der Waals surface area contributed by atoms with Crippen molar-refractivity contribution in [1.82, 2.24) is 0 Å². The molecule has 0 aliphatic rings. The molecule has 2 nitrogen and oxygen atoms in total. The molecule has 1 aromatic rings. The molecule has 0 radical (unpaired) electrons. The summed E-state index contributed by atoms with van der Waals surface area (Å²) >= 11 is 3.24. The molecular weight excluding hydrogens is 275 g/mol. The maximum atomic E-state index is 13.4. The van der Waals surface area contributed by atoms with Gasteiger partial charge in [-0.2, -0.15) is 0 Å². The first-order chi connectivity index (χ1) is 7.36. The van der Waals surface area contributed by atoms with Crippen molar-refractivity contribution in [2.24, 2.45) is 0 Å². The highest BCUT2D eigenvalue weighted by Gasteiger charge is 2.27. The second-order valence-corrected chi connectivity index (χ2v) is 4.97. The molecule has 0 unspecified atom stereocenters. The van der Waals surface area contributed by atoms with Crippen LogP contribution in [-0.4, -0.2) is 18.5 Å².